The Hall–Kier alpha value is -4.03. The lowest BCUT2D eigenvalue weighted by atomic mass is 10.1. The number of aryl methyl sites for hydroxylation is 1. The topological polar surface area (TPSA) is 86.4 Å². The molecule has 4 aromatic rings. The fraction of sp³-hybridized carbons (Fsp3) is 0.0400. The number of azo groups is 1. The first-order valence-electron chi connectivity index (χ1n) is 9.83. The zero-order chi connectivity index (χ0) is 22.5. The van der Waals surface area contributed by atoms with Gasteiger partial charge in [-0.25, -0.2) is 5.43 Å². The Labute approximate surface area is 189 Å². The van der Waals surface area contributed by atoms with Gasteiger partial charge in [0.05, 0.1) is 28.2 Å². The molecule has 0 aliphatic heterocycles. The summed E-state index contributed by atoms with van der Waals surface area (Å²) in [5.41, 5.74) is 5.34. The summed E-state index contributed by atoms with van der Waals surface area (Å²) in [6, 6.07) is 23.7. The molecule has 0 fully saturated rings. The third-order valence-electron chi connectivity index (χ3n) is 4.79. The van der Waals surface area contributed by atoms with Crippen LogP contribution in [-0.4, -0.2) is 17.2 Å². The van der Waals surface area contributed by atoms with Crippen LogP contribution >= 0.6 is 11.6 Å². The maximum atomic E-state index is 12.3. The highest BCUT2D eigenvalue weighted by Gasteiger charge is 2.09. The minimum Gasteiger partial charge on any atom is -0.507 e. The number of rotatable bonds is 5. The lowest BCUT2D eigenvalue weighted by Gasteiger charge is -2.04. The molecular weight excluding hydrogens is 424 g/mol. The summed E-state index contributed by atoms with van der Waals surface area (Å²) in [4.78, 5) is 12.3. The van der Waals surface area contributed by atoms with E-state index >= 15 is 0 Å². The van der Waals surface area contributed by atoms with Gasteiger partial charge in [-0.15, -0.1) is 5.11 Å². The Kier molecular flexibility index (Phi) is 6.24. The molecule has 4 rings (SSSR count). The number of amides is 1. The molecule has 0 saturated carbocycles. The van der Waals surface area contributed by atoms with Crippen LogP contribution in [0.4, 0.5) is 11.4 Å². The molecule has 0 bridgehead atoms. The van der Waals surface area contributed by atoms with E-state index < -0.39 is 5.91 Å². The molecule has 2 N–H and O–H groups in total. The van der Waals surface area contributed by atoms with Crippen LogP contribution in [0.5, 0.6) is 5.75 Å². The number of benzene rings is 4. The molecule has 0 aliphatic rings. The van der Waals surface area contributed by atoms with Crippen molar-refractivity contribution in [3.8, 4) is 5.75 Å². The summed E-state index contributed by atoms with van der Waals surface area (Å²) >= 11 is 6.11. The second-order valence-electron chi connectivity index (χ2n) is 7.12. The predicted octanol–water partition coefficient (Wildman–Crippen LogP) is 6.69. The van der Waals surface area contributed by atoms with Crippen LogP contribution < -0.4 is 5.43 Å². The van der Waals surface area contributed by atoms with Crippen LogP contribution in [0, 0.1) is 6.92 Å². The lowest BCUT2D eigenvalue weighted by Crippen LogP contribution is -2.18. The molecule has 0 saturated heterocycles. The smallest absolute Gasteiger partial charge is 0.272 e. The van der Waals surface area contributed by atoms with Gasteiger partial charge in [0.1, 0.15) is 5.75 Å². The Morgan fingerprint density at radius 1 is 0.969 bits per heavy atom. The Morgan fingerprint density at radius 2 is 1.78 bits per heavy atom. The molecule has 1 amide bonds. The number of hydrogen-bond acceptors (Lipinski definition) is 5. The zero-order valence-corrected chi connectivity index (χ0v) is 17.9. The maximum absolute atomic E-state index is 12.3. The molecule has 0 spiro atoms. The molecule has 158 valence electrons. The van der Waals surface area contributed by atoms with Crippen molar-refractivity contribution in [3.05, 3.63) is 101 Å². The summed E-state index contributed by atoms with van der Waals surface area (Å²) < 4.78 is 0. The van der Waals surface area contributed by atoms with Crippen LogP contribution in [-0.2, 0) is 0 Å². The summed E-state index contributed by atoms with van der Waals surface area (Å²) in [6.07, 6.45) is 1.34. The fourth-order valence-electron chi connectivity index (χ4n) is 3.14. The number of carbonyl (C=O) groups is 1. The molecule has 6 nitrogen and oxygen atoms in total. The quantitative estimate of drug-likeness (QED) is 0.205. The molecule has 32 heavy (non-hydrogen) atoms. The third kappa shape index (κ3) is 4.82. The van der Waals surface area contributed by atoms with Crippen LogP contribution in [0.3, 0.4) is 0 Å². The van der Waals surface area contributed by atoms with Gasteiger partial charge in [-0.3, -0.25) is 4.79 Å². The first kappa shape index (κ1) is 21.2. The normalized spacial score (nSPS) is 11.4. The Bertz CT molecular complexity index is 1360. The molecule has 0 atom stereocenters. The highest BCUT2D eigenvalue weighted by Crippen LogP contribution is 2.28. The van der Waals surface area contributed by atoms with Crippen molar-refractivity contribution in [2.45, 2.75) is 6.92 Å². The average molecular weight is 443 g/mol. The van der Waals surface area contributed by atoms with Gasteiger partial charge in [0.25, 0.3) is 5.91 Å². The van der Waals surface area contributed by atoms with Crippen molar-refractivity contribution >= 4 is 45.9 Å². The van der Waals surface area contributed by atoms with Crippen molar-refractivity contribution in [1.29, 1.82) is 0 Å². The largest absolute Gasteiger partial charge is 0.507 e. The van der Waals surface area contributed by atoms with Crippen molar-refractivity contribution in [1.82, 2.24) is 5.43 Å². The number of phenolic OH excluding ortho intramolecular Hbond substituents is 1. The standard InChI is InChI=1S/C25H19ClN4O2/c1-16-9-11-21(22(26)13-16)25(32)30-27-15-18-14-19(10-12-24(18)31)28-29-23-8-4-6-17-5-2-3-7-20(17)23/h2-15,31H,1H3,(H,30,32). The van der Waals surface area contributed by atoms with E-state index in [1.165, 1.54) is 12.3 Å². The predicted molar refractivity (Wildman–Crippen MR) is 127 cm³/mol. The zero-order valence-electron chi connectivity index (χ0n) is 17.2. The highest BCUT2D eigenvalue weighted by molar-refractivity contribution is 6.33. The number of fused-ring (bicyclic) bond motifs is 1. The molecule has 0 aromatic heterocycles. The minimum atomic E-state index is -0.447. The van der Waals surface area contributed by atoms with E-state index in [2.05, 4.69) is 20.8 Å². The van der Waals surface area contributed by atoms with Gasteiger partial charge in [-0.1, -0.05) is 54.1 Å². The third-order valence-corrected chi connectivity index (χ3v) is 5.10. The van der Waals surface area contributed by atoms with Crippen LogP contribution in [0.25, 0.3) is 10.8 Å². The highest BCUT2D eigenvalue weighted by atomic mass is 35.5. The van der Waals surface area contributed by atoms with Gasteiger partial charge < -0.3 is 5.11 Å². The van der Waals surface area contributed by atoms with Gasteiger partial charge in [0, 0.05) is 10.9 Å². The van der Waals surface area contributed by atoms with Gasteiger partial charge in [-0.2, -0.15) is 10.2 Å². The second kappa shape index (κ2) is 9.41. The number of hydrogen-bond donors (Lipinski definition) is 2. The van der Waals surface area contributed by atoms with E-state index in [0.29, 0.717) is 21.8 Å². The van der Waals surface area contributed by atoms with E-state index in [4.69, 9.17) is 11.6 Å². The Balaban J connectivity index is 1.51. The second-order valence-corrected chi connectivity index (χ2v) is 7.53. The number of halogens is 1. The van der Waals surface area contributed by atoms with E-state index in [-0.39, 0.29) is 5.75 Å². The first-order valence-corrected chi connectivity index (χ1v) is 10.2. The summed E-state index contributed by atoms with van der Waals surface area (Å²) in [5, 5.41) is 25.1. The number of nitrogens with one attached hydrogen (secondary N) is 1. The van der Waals surface area contributed by atoms with E-state index in [1.54, 1.807) is 30.3 Å². The number of carbonyl (C=O) groups excluding carboxylic acids is 1. The van der Waals surface area contributed by atoms with Gasteiger partial charge in [0.2, 0.25) is 0 Å². The molecule has 0 heterocycles. The van der Waals surface area contributed by atoms with E-state index in [0.717, 1.165) is 22.0 Å². The molecule has 7 heteroatoms. The van der Waals surface area contributed by atoms with Crippen molar-refractivity contribution in [3.63, 3.8) is 0 Å². The SMILES string of the molecule is Cc1ccc(C(=O)NN=Cc2cc(N=Nc3cccc4ccccc34)ccc2O)c(Cl)c1. The summed E-state index contributed by atoms with van der Waals surface area (Å²) in [5.74, 6) is -0.446. The van der Waals surface area contributed by atoms with Crippen molar-refractivity contribution in [2.24, 2.45) is 15.3 Å². The van der Waals surface area contributed by atoms with Gasteiger partial charge in [0.15, 0.2) is 0 Å². The molecule has 4 aromatic carbocycles. The molecule has 0 aliphatic carbocycles. The van der Waals surface area contributed by atoms with E-state index in [9.17, 15) is 9.90 Å². The van der Waals surface area contributed by atoms with E-state index in [1.807, 2.05) is 49.4 Å². The molecule has 0 radical (unpaired) electrons. The lowest BCUT2D eigenvalue weighted by molar-refractivity contribution is 0.0955. The summed E-state index contributed by atoms with van der Waals surface area (Å²) in [7, 11) is 0. The number of aromatic hydroxyl groups is 1. The number of nitrogens with zero attached hydrogens (tertiary/aromatic N) is 3. The van der Waals surface area contributed by atoms with Crippen molar-refractivity contribution < 1.29 is 9.90 Å². The van der Waals surface area contributed by atoms with Crippen LogP contribution in [0.2, 0.25) is 5.02 Å². The first-order chi connectivity index (χ1) is 15.5. The fourth-order valence-corrected chi connectivity index (χ4v) is 3.46. The molecular formula is C25H19ClN4O2. The van der Waals surface area contributed by atoms with Crippen molar-refractivity contribution in [2.75, 3.05) is 0 Å². The number of phenols is 1. The minimum absolute atomic E-state index is 0.000443. The monoisotopic (exact) mass is 442 g/mol. The average Bonchev–Trinajstić information content (AvgIpc) is 2.79. The van der Waals surface area contributed by atoms with Crippen LogP contribution in [0.15, 0.2) is 94.2 Å². The maximum Gasteiger partial charge on any atom is 0.272 e. The van der Waals surface area contributed by atoms with Gasteiger partial charge >= 0.3 is 0 Å². The van der Waals surface area contributed by atoms with Gasteiger partial charge in [-0.05, 0) is 54.3 Å². The Morgan fingerprint density at radius 3 is 2.62 bits per heavy atom. The summed E-state index contributed by atoms with van der Waals surface area (Å²) in [6.45, 7) is 1.89. The molecule has 0 unspecified atom stereocenters. The number of hydrazone groups is 1. The van der Waals surface area contributed by atoms with Crippen LogP contribution in [0.1, 0.15) is 21.5 Å².